The molecule has 0 radical (unpaired) electrons. The van der Waals surface area contributed by atoms with Gasteiger partial charge in [0, 0.05) is 17.2 Å². The van der Waals surface area contributed by atoms with E-state index in [1.165, 1.54) is 0 Å². The summed E-state index contributed by atoms with van der Waals surface area (Å²) >= 11 is 0. The molecule has 0 heterocycles. The minimum Gasteiger partial charge on any atom is -0.497 e. The number of nitrogens with two attached hydrogens (primary N) is 1. The SMILES string of the molecule is CCOc1ccccc1C(N)c1ccc(OC)cc1OC. The van der Waals surface area contributed by atoms with Gasteiger partial charge in [-0.3, -0.25) is 0 Å². The number of methoxy groups -OCH3 is 2. The fourth-order valence-corrected chi connectivity index (χ4v) is 2.27. The molecular formula is C17H21NO3. The van der Waals surface area contributed by atoms with Gasteiger partial charge in [0.05, 0.1) is 26.9 Å². The molecule has 21 heavy (non-hydrogen) atoms. The average molecular weight is 287 g/mol. The molecule has 0 spiro atoms. The van der Waals surface area contributed by atoms with Crippen molar-refractivity contribution in [3.63, 3.8) is 0 Å². The zero-order valence-electron chi connectivity index (χ0n) is 12.6. The highest BCUT2D eigenvalue weighted by Crippen LogP contribution is 2.35. The zero-order chi connectivity index (χ0) is 15.2. The van der Waals surface area contributed by atoms with Crippen molar-refractivity contribution in [1.82, 2.24) is 0 Å². The van der Waals surface area contributed by atoms with Crippen LogP contribution >= 0.6 is 0 Å². The van der Waals surface area contributed by atoms with Crippen molar-refractivity contribution in [2.75, 3.05) is 20.8 Å². The third-order valence-electron chi connectivity index (χ3n) is 3.33. The molecule has 0 aliphatic rings. The lowest BCUT2D eigenvalue weighted by molar-refractivity contribution is 0.335. The molecule has 1 unspecified atom stereocenters. The summed E-state index contributed by atoms with van der Waals surface area (Å²) in [5.41, 5.74) is 8.24. The smallest absolute Gasteiger partial charge is 0.127 e. The van der Waals surface area contributed by atoms with E-state index in [0.717, 1.165) is 22.6 Å². The molecule has 2 aromatic rings. The molecular weight excluding hydrogens is 266 g/mol. The van der Waals surface area contributed by atoms with E-state index in [4.69, 9.17) is 19.9 Å². The van der Waals surface area contributed by atoms with E-state index in [2.05, 4.69) is 0 Å². The first-order valence-electron chi connectivity index (χ1n) is 6.90. The van der Waals surface area contributed by atoms with Crippen molar-refractivity contribution in [2.45, 2.75) is 13.0 Å². The molecule has 0 aliphatic heterocycles. The van der Waals surface area contributed by atoms with Crippen LogP contribution in [-0.4, -0.2) is 20.8 Å². The molecule has 0 saturated carbocycles. The van der Waals surface area contributed by atoms with Crippen LogP contribution in [0.25, 0.3) is 0 Å². The third kappa shape index (κ3) is 3.28. The van der Waals surface area contributed by atoms with Gasteiger partial charge in [-0.2, -0.15) is 0 Å². The van der Waals surface area contributed by atoms with Gasteiger partial charge >= 0.3 is 0 Å². The van der Waals surface area contributed by atoms with Crippen LogP contribution in [0.5, 0.6) is 17.2 Å². The predicted octanol–water partition coefficient (Wildman–Crippen LogP) is 3.15. The van der Waals surface area contributed by atoms with E-state index in [1.54, 1.807) is 14.2 Å². The molecule has 0 saturated heterocycles. The number of rotatable bonds is 6. The summed E-state index contributed by atoms with van der Waals surface area (Å²) in [4.78, 5) is 0. The van der Waals surface area contributed by atoms with Gasteiger partial charge in [-0.25, -0.2) is 0 Å². The number of para-hydroxylation sites is 1. The Morgan fingerprint density at radius 2 is 1.67 bits per heavy atom. The van der Waals surface area contributed by atoms with Crippen LogP contribution in [0.4, 0.5) is 0 Å². The highest BCUT2D eigenvalue weighted by molar-refractivity contribution is 5.48. The summed E-state index contributed by atoms with van der Waals surface area (Å²) in [6.45, 7) is 2.56. The molecule has 4 nitrogen and oxygen atoms in total. The van der Waals surface area contributed by atoms with Crippen molar-refractivity contribution in [3.05, 3.63) is 53.6 Å². The fourth-order valence-electron chi connectivity index (χ4n) is 2.27. The van der Waals surface area contributed by atoms with Crippen LogP contribution in [-0.2, 0) is 0 Å². The van der Waals surface area contributed by atoms with Crippen molar-refractivity contribution < 1.29 is 14.2 Å². The van der Waals surface area contributed by atoms with E-state index in [9.17, 15) is 0 Å². The first kappa shape index (κ1) is 15.2. The summed E-state index contributed by atoms with van der Waals surface area (Å²) < 4.78 is 16.3. The summed E-state index contributed by atoms with van der Waals surface area (Å²) in [5.74, 6) is 2.24. The number of hydrogen-bond donors (Lipinski definition) is 1. The molecule has 1 atom stereocenters. The van der Waals surface area contributed by atoms with E-state index in [0.29, 0.717) is 12.4 Å². The monoisotopic (exact) mass is 287 g/mol. The molecule has 0 amide bonds. The maximum absolute atomic E-state index is 6.41. The molecule has 0 aliphatic carbocycles. The zero-order valence-corrected chi connectivity index (χ0v) is 12.6. The highest BCUT2D eigenvalue weighted by atomic mass is 16.5. The van der Waals surface area contributed by atoms with Gasteiger partial charge in [-0.05, 0) is 25.1 Å². The number of benzene rings is 2. The third-order valence-corrected chi connectivity index (χ3v) is 3.33. The quantitative estimate of drug-likeness (QED) is 0.886. The topological polar surface area (TPSA) is 53.7 Å². The van der Waals surface area contributed by atoms with Gasteiger partial charge < -0.3 is 19.9 Å². The molecule has 0 bridgehead atoms. The van der Waals surface area contributed by atoms with Crippen molar-refractivity contribution in [2.24, 2.45) is 5.73 Å². The maximum atomic E-state index is 6.41. The van der Waals surface area contributed by atoms with Crippen molar-refractivity contribution in [3.8, 4) is 17.2 Å². The largest absolute Gasteiger partial charge is 0.497 e. The van der Waals surface area contributed by atoms with Crippen LogP contribution in [0.3, 0.4) is 0 Å². The number of ether oxygens (including phenoxy) is 3. The molecule has 2 N–H and O–H groups in total. The van der Waals surface area contributed by atoms with Crippen LogP contribution in [0.15, 0.2) is 42.5 Å². The first-order chi connectivity index (χ1) is 10.2. The Kier molecular flexibility index (Phi) is 5.06. The standard InChI is InChI=1S/C17H21NO3/c1-4-21-15-8-6-5-7-13(15)17(18)14-10-9-12(19-2)11-16(14)20-3/h5-11,17H,4,18H2,1-3H3. The first-order valence-corrected chi connectivity index (χ1v) is 6.90. The second-order valence-electron chi connectivity index (χ2n) is 4.56. The highest BCUT2D eigenvalue weighted by Gasteiger charge is 2.18. The van der Waals surface area contributed by atoms with Crippen LogP contribution in [0.2, 0.25) is 0 Å². The fraction of sp³-hybridized carbons (Fsp3) is 0.294. The molecule has 0 aromatic heterocycles. The van der Waals surface area contributed by atoms with Crippen LogP contribution in [0.1, 0.15) is 24.1 Å². The Morgan fingerprint density at radius 3 is 2.33 bits per heavy atom. The molecule has 112 valence electrons. The van der Waals surface area contributed by atoms with E-state index < -0.39 is 0 Å². The molecule has 2 aromatic carbocycles. The Morgan fingerprint density at radius 1 is 0.952 bits per heavy atom. The summed E-state index contributed by atoms with van der Waals surface area (Å²) in [6.07, 6.45) is 0. The van der Waals surface area contributed by atoms with Crippen LogP contribution < -0.4 is 19.9 Å². The van der Waals surface area contributed by atoms with Gasteiger partial charge in [-0.15, -0.1) is 0 Å². The van der Waals surface area contributed by atoms with E-state index in [-0.39, 0.29) is 6.04 Å². The minimum atomic E-state index is -0.325. The lowest BCUT2D eigenvalue weighted by Crippen LogP contribution is -2.14. The van der Waals surface area contributed by atoms with Gasteiger partial charge in [-0.1, -0.05) is 18.2 Å². The Balaban J connectivity index is 2.42. The lowest BCUT2D eigenvalue weighted by Gasteiger charge is -2.19. The molecule has 0 fully saturated rings. The predicted molar refractivity (Wildman–Crippen MR) is 83.2 cm³/mol. The van der Waals surface area contributed by atoms with Crippen molar-refractivity contribution in [1.29, 1.82) is 0 Å². The average Bonchev–Trinajstić information content (AvgIpc) is 2.54. The lowest BCUT2D eigenvalue weighted by atomic mass is 9.97. The van der Waals surface area contributed by atoms with Gasteiger partial charge in [0.25, 0.3) is 0 Å². The molecule has 2 rings (SSSR count). The molecule has 4 heteroatoms. The van der Waals surface area contributed by atoms with Crippen molar-refractivity contribution >= 4 is 0 Å². The Labute approximate surface area is 125 Å². The minimum absolute atomic E-state index is 0.325. The summed E-state index contributed by atoms with van der Waals surface area (Å²) in [6, 6.07) is 13.1. The number of hydrogen-bond acceptors (Lipinski definition) is 4. The Bertz CT molecular complexity index is 598. The van der Waals surface area contributed by atoms with Gasteiger partial charge in [0.2, 0.25) is 0 Å². The Hall–Kier alpha value is -2.20. The second-order valence-corrected chi connectivity index (χ2v) is 4.56. The maximum Gasteiger partial charge on any atom is 0.127 e. The normalized spacial score (nSPS) is 11.8. The van der Waals surface area contributed by atoms with E-state index >= 15 is 0 Å². The van der Waals surface area contributed by atoms with Gasteiger partial charge in [0.1, 0.15) is 17.2 Å². The summed E-state index contributed by atoms with van der Waals surface area (Å²) in [7, 11) is 3.25. The van der Waals surface area contributed by atoms with Crippen LogP contribution in [0, 0.1) is 0 Å². The summed E-state index contributed by atoms with van der Waals surface area (Å²) in [5, 5.41) is 0. The second kappa shape index (κ2) is 6.99. The van der Waals surface area contributed by atoms with Gasteiger partial charge in [0.15, 0.2) is 0 Å². The van der Waals surface area contributed by atoms with E-state index in [1.807, 2.05) is 49.4 Å².